The van der Waals surface area contributed by atoms with E-state index in [0.29, 0.717) is 12.3 Å². The third-order valence-corrected chi connectivity index (χ3v) is 4.82. The number of hydrogen-bond acceptors (Lipinski definition) is 3. The molecule has 6 heteroatoms. The van der Waals surface area contributed by atoms with Crippen LogP contribution in [0, 0.1) is 12.7 Å². The number of amides is 2. The number of halogens is 1. The Kier molecular flexibility index (Phi) is 8.19. The topological polar surface area (TPSA) is 58.6 Å². The highest BCUT2D eigenvalue weighted by molar-refractivity contribution is 5.88. The Hall–Kier alpha value is -2.89. The maximum Gasteiger partial charge on any atom is 0.261 e. The molecule has 0 fully saturated rings. The Morgan fingerprint density at radius 1 is 1.07 bits per heavy atom. The van der Waals surface area contributed by atoms with Crippen molar-refractivity contribution in [1.29, 1.82) is 0 Å². The molecule has 0 aromatic heterocycles. The number of aryl methyl sites for hydroxylation is 1. The van der Waals surface area contributed by atoms with E-state index >= 15 is 0 Å². The van der Waals surface area contributed by atoms with Crippen LogP contribution in [0.1, 0.15) is 38.3 Å². The molecule has 2 aromatic carbocycles. The van der Waals surface area contributed by atoms with Gasteiger partial charge in [0.15, 0.2) is 6.61 Å². The highest BCUT2D eigenvalue weighted by Crippen LogP contribution is 2.14. The lowest BCUT2D eigenvalue weighted by Gasteiger charge is -2.29. The molecule has 1 N–H and O–H groups in total. The van der Waals surface area contributed by atoms with E-state index in [1.165, 1.54) is 29.2 Å². The van der Waals surface area contributed by atoms with Gasteiger partial charge in [-0.25, -0.2) is 4.39 Å². The second kappa shape index (κ2) is 10.6. The number of rotatable bonds is 9. The molecule has 0 radical (unpaired) electrons. The fourth-order valence-corrected chi connectivity index (χ4v) is 2.70. The van der Waals surface area contributed by atoms with Crippen molar-refractivity contribution in [2.24, 2.45) is 0 Å². The quantitative estimate of drug-likeness (QED) is 0.696. The van der Waals surface area contributed by atoms with Crippen LogP contribution in [0.3, 0.4) is 0 Å². The first kappa shape index (κ1) is 22.4. The molecule has 0 saturated heterocycles. The molecule has 0 bridgehead atoms. The maximum atomic E-state index is 13.0. The standard InChI is InChI=1S/C23H29FN2O3/c1-5-17(3)25-23(28)18(4)26(14-19-8-6-16(2)7-9-19)22(27)15-29-21-12-10-20(24)11-13-21/h6-13,17-18H,5,14-15H2,1-4H3,(H,25,28). The number of nitrogens with zero attached hydrogens (tertiary/aromatic N) is 1. The van der Waals surface area contributed by atoms with Gasteiger partial charge in [0.2, 0.25) is 5.91 Å². The number of carbonyl (C=O) groups excluding carboxylic acids is 2. The van der Waals surface area contributed by atoms with Gasteiger partial charge in [0.05, 0.1) is 0 Å². The molecule has 0 aliphatic carbocycles. The second-order valence-corrected chi connectivity index (χ2v) is 7.24. The summed E-state index contributed by atoms with van der Waals surface area (Å²) in [4.78, 5) is 27.0. The number of benzene rings is 2. The molecule has 2 atom stereocenters. The smallest absolute Gasteiger partial charge is 0.261 e. The summed E-state index contributed by atoms with van der Waals surface area (Å²) < 4.78 is 18.5. The number of nitrogens with one attached hydrogen (secondary N) is 1. The van der Waals surface area contributed by atoms with Crippen LogP contribution >= 0.6 is 0 Å². The van der Waals surface area contributed by atoms with Crippen molar-refractivity contribution in [3.8, 4) is 5.75 Å². The fraction of sp³-hybridized carbons (Fsp3) is 0.391. The van der Waals surface area contributed by atoms with Gasteiger partial charge in [-0.1, -0.05) is 36.8 Å². The van der Waals surface area contributed by atoms with E-state index in [-0.39, 0.29) is 30.3 Å². The van der Waals surface area contributed by atoms with Gasteiger partial charge in [-0.05, 0) is 57.0 Å². The maximum absolute atomic E-state index is 13.0. The summed E-state index contributed by atoms with van der Waals surface area (Å²) in [6.07, 6.45) is 0.804. The molecule has 5 nitrogen and oxygen atoms in total. The van der Waals surface area contributed by atoms with Crippen molar-refractivity contribution in [3.05, 3.63) is 65.5 Å². The Balaban J connectivity index is 2.13. The molecule has 156 valence electrons. The Morgan fingerprint density at radius 3 is 2.28 bits per heavy atom. The van der Waals surface area contributed by atoms with Crippen LogP contribution in [0.15, 0.2) is 48.5 Å². The third-order valence-electron chi connectivity index (χ3n) is 4.82. The predicted octanol–water partition coefficient (Wildman–Crippen LogP) is 3.84. The second-order valence-electron chi connectivity index (χ2n) is 7.24. The average molecular weight is 400 g/mol. The highest BCUT2D eigenvalue weighted by Gasteiger charge is 2.27. The van der Waals surface area contributed by atoms with Crippen molar-refractivity contribution in [3.63, 3.8) is 0 Å². The summed E-state index contributed by atoms with van der Waals surface area (Å²) in [5, 5.41) is 2.92. The molecular weight excluding hydrogens is 371 g/mol. The summed E-state index contributed by atoms with van der Waals surface area (Å²) in [6.45, 7) is 7.67. The summed E-state index contributed by atoms with van der Waals surface area (Å²) in [5.74, 6) is -0.505. The minimum atomic E-state index is -0.658. The molecule has 29 heavy (non-hydrogen) atoms. The molecule has 2 aromatic rings. The monoisotopic (exact) mass is 400 g/mol. The van der Waals surface area contributed by atoms with Gasteiger partial charge in [0, 0.05) is 12.6 Å². The highest BCUT2D eigenvalue weighted by atomic mass is 19.1. The predicted molar refractivity (Wildman–Crippen MR) is 111 cm³/mol. The molecule has 0 spiro atoms. The first-order valence-electron chi connectivity index (χ1n) is 9.84. The van der Waals surface area contributed by atoms with Crippen LogP contribution in [0.25, 0.3) is 0 Å². The van der Waals surface area contributed by atoms with Gasteiger partial charge in [-0.2, -0.15) is 0 Å². The van der Waals surface area contributed by atoms with Crippen LogP contribution in [0.4, 0.5) is 4.39 Å². The van der Waals surface area contributed by atoms with Crippen molar-refractivity contribution in [2.75, 3.05) is 6.61 Å². The van der Waals surface area contributed by atoms with Crippen molar-refractivity contribution < 1.29 is 18.7 Å². The summed E-state index contributed by atoms with van der Waals surface area (Å²) in [6, 6.07) is 12.7. The van der Waals surface area contributed by atoms with Gasteiger partial charge in [0.1, 0.15) is 17.6 Å². The number of hydrogen-bond donors (Lipinski definition) is 1. The van der Waals surface area contributed by atoms with E-state index in [4.69, 9.17) is 4.74 Å². The van der Waals surface area contributed by atoms with Crippen LogP contribution in [-0.2, 0) is 16.1 Å². The SMILES string of the molecule is CCC(C)NC(=O)C(C)N(Cc1ccc(C)cc1)C(=O)COc1ccc(F)cc1. The molecule has 2 amide bonds. The lowest BCUT2D eigenvalue weighted by molar-refractivity contribution is -0.142. The number of ether oxygens (including phenoxy) is 1. The first-order chi connectivity index (χ1) is 13.8. The normalized spacial score (nSPS) is 12.7. The molecule has 2 unspecified atom stereocenters. The van der Waals surface area contributed by atoms with Crippen molar-refractivity contribution in [1.82, 2.24) is 10.2 Å². The Bertz CT molecular complexity index is 806. The minimum absolute atomic E-state index is 0.0248. The zero-order chi connectivity index (χ0) is 21.4. The first-order valence-corrected chi connectivity index (χ1v) is 9.84. The lowest BCUT2D eigenvalue weighted by Crippen LogP contribution is -2.50. The zero-order valence-electron chi connectivity index (χ0n) is 17.4. The van der Waals surface area contributed by atoms with Crippen LogP contribution in [-0.4, -0.2) is 35.4 Å². The van der Waals surface area contributed by atoms with E-state index < -0.39 is 6.04 Å². The van der Waals surface area contributed by atoms with E-state index in [0.717, 1.165) is 17.5 Å². The molecule has 0 saturated carbocycles. The van der Waals surface area contributed by atoms with E-state index in [1.54, 1.807) is 6.92 Å². The third kappa shape index (κ3) is 6.89. The largest absolute Gasteiger partial charge is 0.484 e. The lowest BCUT2D eigenvalue weighted by atomic mass is 10.1. The van der Waals surface area contributed by atoms with Gasteiger partial charge < -0.3 is 15.0 Å². The minimum Gasteiger partial charge on any atom is -0.484 e. The summed E-state index contributed by atoms with van der Waals surface area (Å²) in [5.41, 5.74) is 2.04. The van der Waals surface area contributed by atoms with Gasteiger partial charge in [-0.15, -0.1) is 0 Å². The van der Waals surface area contributed by atoms with Crippen molar-refractivity contribution >= 4 is 11.8 Å². The van der Waals surface area contributed by atoms with Crippen LogP contribution < -0.4 is 10.1 Å². The Labute approximate surface area is 171 Å². The zero-order valence-corrected chi connectivity index (χ0v) is 17.4. The summed E-state index contributed by atoms with van der Waals surface area (Å²) in [7, 11) is 0. The molecular formula is C23H29FN2O3. The molecule has 0 heterocycles. The number of carbonyl (C=O) groups is 2. The molecule has 0 aliphatic heterocycles. The Morgan fingerprint density at radius 2 is 1.69 bits per heavy atom. The van der Waals surface area contributed by atoms with Gasteiger partial charge >= 0.3 is 0 Å². The van der Waals surface area contributed by atoms with Gasteiger partial charge in [0.25, 0.3) is 5.91 Å². The molecule has 0 aliphatic rings. The van der Waals surface area contributed by atoms with E-state index in [9.17, 15) is 14.0 Å². The van der Waals surface area contributed by atoms with Crippen LogP contribution in [0.5, 0.6) is 5.75 Å². The molecule has 2 rings (SSSR count). The fourth-order valence-electron chi connectivity index (χ4n) is 2.70. The summed E-state index contributed by atoms with van der Waals surface area (Å²) >= 11 is 0. The van der Waals surface area contributed by atoms with Crippen LogP contribution in [0.2, 0.25) is 0 Å². The van der Waals surface area contributed by atoms with E-state index in [1.807, 2.05) is 45.0 Å². The van der Waals surface area contributed by atoms with E-state index in [2.05, 4.69) is 5.32 Å². The van der Waals surface area contributed by atoms with Gasteiger partial charge in [-0.3, -0.25) is 9.59 Å². The van der Waals surface area contributed by atoms with Crippen molar-refractivity contribution in [2.45, 2.75) is 52.7 Å². The average Bonchev–Trinajstić information content (AvgIpc) is 2.72.